The second-order valence-electron chi connectivity index (χ2n) is 7.13. The Morgan fingerprint density at radius 2 is 1.35 bits per heavy atom. The van der Waals surface area contributed by atoms with Gasteiger partial charge in [0.05, 0.1) is 33.0 Å². The van der Waals surface area contributed by atoms with E-state index >= 15 is 0 Å². The molecule has 0 fully saturated rings. The van der Waals surface area contributed by atoms with E-state index in [0.717, 1.165) is 17.5 Å². The second-order valence-corrected chi connectivity index (χ2v) is 8.21. The quantitative estimate of drug-likeness (QED) is 0.219. The van der Waals surface area contributed by atoms with Crippen LogP contribution in [0, 0.1) is 0 Å². The number of alkyl carbamates (subject to hydrolysis) is 1. The van der Waals surface area contributed by atoms with Gasteiger partial charge in [-0.1, -0.05) is 71.1 Å². The maximum absolute atomic E-state index is 12.1. The monoisotopic (exact) mass is 539 g/mol. The van der Waals surface area contributed by atoms with E-state index in [0.29, 0.717) is 46.2 Å². The summed E-state index contributed by atoms with van der Waals surface area (Å²) in [5.74, 6) is 0.0773. The molecule has 0 radical (unpaired) electrons. The summed E-state index contributed by atoms with van der Waals surface area (Å²) >= 11 is 2.28. The minimum absolute atomic E-state index is 0.0773. The molecule has 1 amide bonds. The van der Waals surface area contributed by atoms with Crippen molar-refractivity contribution < 1.29 is 23.7 Å². The first-order valence-electron chi connectivity index (χ1n) is 10.7. The Bertz CT molecular complexity index is 771. The average Bonchev–Trinajstić information content (AvgIpc) is 3.12. The molecule has 31 heavy (non-hydrogen) atoms. The first kappa shape index (κ1) is 24.0. The van der Waals surface area contributed by atoms with Crippen LogP contribution in [0.25, 0.3) is 11.1 Å². The van der Waals surface area contributed by atoms with Crippen LogP contribution in [-0.4, -0.2) is 63.3 Å². The lowest BCUT2D eigenvalue weighted by atomic mass is 9.98. The molecule has 2 aromatic carbocycles. The standard InChI is InChI=1S/C24H30INO5/c25-10-13-29-15-17-30-16-14-28-12-5-11-26-24(27)31-18-23-21-8-3-1-6-19(21)20-7-2-4-9-22(20)23/h1-4,6-9,23H,5,10-18H2,(H,26,27). The highest BCUT2D eigenvalue weighted by Gasteiger charge is 2.28. The summed E-state index contributed by atoms with van der Waals surface area (Å²) in [6.45, 7) is 4.47. The Kier molecular flexibility index (Phi) is 10.6. The Hall–Kier alpha value is -1.68. The minimum Gasteiger partial charge on any atom is -0.449 e. The van der Waals surface area contributed by atoms with Crippen molar-refractivity contribution in [2.75, 3.05) is 57.2 Å². The molecule has 168 valence electrons. The van der Waals surface area contributed by atoms with Crippen molar-refractivity contribution in [1.82, 2.24) is 5.32 Å². The smallest absolute Gasteiger partial charge is 0.407 e. The van der Waals surface area contributed by atoms with Gasteiger partial charge in [0.1, 0.15) is 6.61 Å². The number of hydrogen-bond acceptors (Lipinski definition) is 5. The largest absolute Gasteiger partial charge is 0.449 e. The Labute approximate surface area is 197 Å². The molecule has 2 aromatic rings. The molecule has 6 nitrogen and oxygen atoms in total. The molecule has 0 spiro atoms. The zero-order chi connectivity index (χ0) is 21.7. The van der Waals surface area contributed by atoms with Gasteiger partial charge in [0.15, 0.2) is 0 Å². The molecule has 0 heterocycles. The molecule has 0 saturated heterocycles. The number of benzene rings is 2. The fraction of sp³-hybridized carbons (Fsp3) is 0.458. The molecule has 0 bridgehead atoms. The van der Waals surface area contributed by atoms with Crippen molar-refractivity contribution in [2.24, 2.45) is 0 Å². The molecule has 1 N–H and O–H groups in total. The number of hydrogen-bond donors (Lipinski definition) is 1. The van der Waals surface area contributed by atoms with Gasteiger partial charge in [-0.3, -0.25) is 0 Å². The van der Waals surface area contributed by atoms with Crippen molar-refractivity contribution in [3.8, 4) is 11.1 Å². The van der Waals surface area contributed by atoms with E-state index in [1.165, 1.54) is 22.3 Å². The highest BCUT2D eigenvalue weighted by Crippen LogP contribution is 2.44. The Morgan fingerprint density at radius 3 is 1.97 bits per heavy atom. The number of halogens is 1. The molecular formula is C24H30INO5. The van der Waals surface area contributed by atoms with Gasteiger partial charge in [0.25, 0.3) is 0 Å². The van der Waals surface area contributed by atoms with Gasteiger partial charge >= 0.3 is 6.09 Å². The summed E-state index contributed by atoms with van der Waals surface area (Å²) < 4.78 is 22.8. The molecule has 1 aliphatic carbocycles. The summed E-state index contributed by atoms with van der Waals surface area (Å²) in [7, 11) is 0. The van der Waals surface area contributed by atoms with E-state index in [-0.39, 0.29) is 5.92 Å². The van der Waals surface area contributed by atoms with Crippen LogP contribution >= 0.6 is 22.6 Å². The molecular weight excluding hydrogens is 509 g/mol. The van der Waals surface area contributed by atoms with E-state index < -0.39 is 6.09 Å². The van der Waals surface area contributed by atoms with Crippen molar-refractivity contribution in [3.05, 3.63) is 59.7 Å². The molecule has 7 heteroatoms. The third kappa shape index (κ3) is 7.45. The molecule has 0 aliphatic heterocycles. The number of carbonyl (C=O) groups is 1. The molecule has 0 unspecified atom stereocenters. The van der Waals surface area contributed by atoms with Crippen LogP contribution in [0.3, 0.4) is 0 Å². The lowest BCUT2D eigenvalue weighted by molar-refractivity contribution is 0.0173. The molecule has 3 rings (SSSR count). The van der Waals surface area contributed by atoms with Crippen molar-refractivity contribution in [3.63, 3.8) is 0 Å². The summed E-state index contributed by atoms with van der Waals surface area (Å²) in [5.41, 5.74) is 4.87. The predicted octanol–water partition coefficient (Wildman–Crippen LogP) is 4.40. The summed E-state index contributed by atoms with van der Waals surface area (Å²) in [6.07, 6.45) is 0.333. The number of alkyl halides is 1. The SMILES string of the molecule is O=C(NCCCOCCOCCOCCI)OCC1c2ccccc2-c2ccccc21. The number of carbonyl (C=O) groups excluding carboxylic acids is 1. The summed E-state index contributed by atoms with van der Waals surface area (Å²) in [4.78, 5) is 12.1. The second kappa shape index (κ2) is 13.7. The fourth-order valence-corrected chi connectivity index (χ4v) is 3.92. The van der Waals surface area contributed by atoms with Crippen LogP contribution in [0.15, 0.2) is 48.5 Å². The third-order valence-electron chi connectivity index (χ3n) is 5.04. The van der Waals surface area contributed by atoms with Crippen LogP contribution in [0.1, 0.15) is 23.5 Å². The lowest BCUT2D eigenvalue weighted by Gasteiger charge is -2.14. The van der Waals surface area contributed by atoms with Crippen molar-refractivity contribution in [2.45, 2.75) is 12.3 Å². The number of amides is 1. The normalized spacial score (nSPS) is 12.4. The maximum atomic E-state index is 12.1. The zero-order valence-corrected chi connectivity index (χ0v) is 19.8. The van der Waals surface area contributed by atoms with Gasteiger partial charge in [0.2, 0.25) is 0 Å². The molecule has 0 saturated carbocycles. The van der Waals surface area contributed by atoms with Gasteiger partial charge in [-0.05, 0) is 28.7 Å². The van der Waals surface area contributed by atoms with Gasteiger partial charge in [-0.25, -0.2) is 4.79 Å². The predicted molar refractivity (Wildman–Crippen MR) is 129 cm³/mol. The first-order valence-corrected chi connectivity index (χ1v) is 12.2. The van der Waals surface area contributed by atoms with Crippen molar-refractivity contribution >= 4 is 28.7 Å². The summed E-state index contributed by atoms with van der Waals surface area (Å²) in [5, 5.41) is 2.80. The van der Waals surface area contributed by atoms with Gasteiger partial charge in [-0.15, -0.1) is 0 Å². The average molecular weight is 539 g/mol. The van der Waals surface area contributed by atoms with E-state index in [1.807, 2.05) is 24.3 Å². The van der Waals surface area contributed by atoms with E-state index in [4.69, 9.17) is 18.9 Å². The number of nitrogens with one attached hydrogen (secondary N) is 1. The van der Waals surface area contributed by atoms with Gasteiger partial charge in [-0.2, -0.15) is 0 Å². The van der Waals surface area contributed by atoms with Crippen LogP contribution in [0.2, 0.25) is 0 Å². The summed E-state index contributed by atoms with van der Waals surface area (Å²) in [6, 6.07) is 16.6. The number of rotatable bonds is 14. The Morgan fingerprint density at radius 1 is 0.806 bits per heavy atom. The fourth-order valence-electron chi connectivity index (χ4n) is 3.61. The van der Waals surface area contributed by atoms with E-state index in [1.54, 1.807) is 0 Å². The highest BCUT2D eigenvalue weighted by atomic mass is 127. The number of ether oxygens (including phenoxy) is 4. The third-order valence-corrected chi connectivity index (χ3v) is 5.48. The van der Waals surface area contributed by atoms with Gasteiger partial charge < -0.3 is 24.3 Å². The lowest BCUT2D eigenvalue weighted by Crippen LogP contribution is -2.27. The van der Waals surface area contributed by atoms with Gasteiger partial charge in [0, 0.05) is 23.5 Å². The van der Waals surface area contributed by atoms with Crippen molar-refractivity contribution in [1.29, 1.82) is 0 Å². The van der Waals surface area contributed by atoms with Crippen LogP contribution in [-0.2, 0) is 18.9 Å². The minimum atomic E-state index is -0.392. The molecule has 0 aromatic heterocycles. The number of fused-ring (bicyclic) bond motifs is 3. The van der Waals surface area contributed by atoms with E-state index in [2.05, 4.69) is 52.2 Å². The highest BCUT2D eigenvalue weighted by molar-refractivity contribution is 14.1. The van der Waals surface area contributed by atoms with Crippen LogP contribution in [0.4, 0.5) is 4.79 Å². The maximum Gasteiger partial charge on any atom is 0.407 e. The van der Waals surface area contributed by atoms with Crippen LogP contribution < -0.4 is 5.32 Å². The van der Waals surface area contributed by atoms with Crippen LogP contribution in [0.5, 0.6) is 0 Å². The first-order chi connectivity index (χ1) is 15.3. The van der Waals surface area contributed by atoms with E-state index in [9.17, 15) is 4.79 Å². The topological polar surface area (TPSA) is 66.0 Å². The zero-order valence-electron chi connectivity index (χ0n) is 17.7. The molecule has 1 aliphatic rings. The molecule has 0 atom stereocenters. The Balaban J connectivity index is 1.26.